The Hall–Kier alpha value is -2.99. The minimum absolute atomic E-state index is 0.165. The zero-order valence-corrected chi connectivity index (χ0v) is 14.6. The van der Waals surface area contributed by atoms with E-state index in [9.17, 15) is 4.79 Å². The Bertz CT molecular complexity index is 1070. The summed E-state index contributed by atoms with van der Waals surface area (Å²) in [5.41, 5.74) is 4.76. The topological polar surface area (TPSA) is 70.7 Å². The van der Waals surface area contributed by atoms with E-state index in [2.05, 4.69) is 38.5 Å². The minimum atomic E-state index is -0.165. The average Bonchev–Trinajstić information content (AvgIpc) is 3.24. The van der Waals surface area contributed by atoms with E-state index >= 15 is 0 Å². The predicted molar refractivity (Wildman–Crippen MR) is 101 cm³/mol. The molecule has 4 aromatic rings. The second-order valence-corrected chi connectivity index (χ2v) is 6.89. The third kappa shape index (κ3) is 2.70. The number of carbonyl (C=O) groups is 1. The maximum atomic E-state index is 11.9. The molecule has 0 fully saturated rings. The van der Waals surface area contributed by atoms with Crippen LogP contribution in [-0.4, -0.2) is 27.9 Å². The lowest BCUT2D eigenvalue weighted by Crippen LogP contribution is -2.17. The Balaban J connectivity index is 1.86. The Morgan fingerprint density at radius 1 is 1.20 bits per heavy atom. The van der Waals surface area contributed by atoms with Crippen LogP contribution >= 0.6 is 11.3 Å². The van der Waals surface area contributed by atoms with Crippen molar-refractivity contribution in [3.05, 3.63) is 58.7 Å². The quantitative estimate of drug-likeness (QED) is 0.587. The van der Waals surface area contributed by atoms with Gasteiger partial charge in [0.2, 0.25) is 0 Å². The van der Waals surface area contributed by atoms with Crippen molar-refractivity contribution in [2.24, 2.45) is 0 Å². The molecule has 25 heavy (non-hydrogen) atoms. The molecule has 0 radical (unpaired) electrons. The number of aromatic nitrogens is 3. The minimum Gasteiger partial charge on any atom is -0.353 e. The van der Waals surface area contributed by atoms with E-state index in [4.69, 9.17) is 0 Å². The van der Waals surface area contributed by atoms with Crippen molar-refractivity contribution in [2.75, 3.05) is 7.05 Å². The lowest BCUT2D eigenvalue weighted by molar-refractivity contribution is 0.0963. The SMILES string of the molecule is CNC(=O)c1nc(-c2c[nH]c3ncc(-c4ccccc4)cc23)c(C)s1. The third-order valence-corrected chi connectivity index (χ3v) is 5.08. The zero-order chi connectivity index (χ0) is 17.4. The second kappa shape index (κ2) is 6.14. The van der Waals surface area contributed by atoms with Crippen molar-refractivity contribution < 1.29 is 4.79 Å². The van der Waals surface area contributed by atoms with Gasteiger partial charge in [0.1, 0.15) is 5.65 Å². The molecule has 0 unspecified atom stereocenters. The molecule has 2 N–H and O–H groups in total. The normalized spacial score (nSPS) is 11.0. The van der Waals surface area contributed by atoms with Crippen LogP contribution in [0, 0.1) is 6.92 Å². The maximum Gasteiger partial charge on any atom is 0.280 e. The molecule has 0 saturated carbocycles. The highest BCUT2D eigenvalue weighted by Gasteiger charge is 2.18. The monoisotopic (exact) mass is 348 g/mol. The van der Waals surface area contributed by atoms with Crippen LogP contribution in [0.4, 0.5) is 0 Å². The summed E-state index contributed by atoms with van der Waals surface area (Å²) in [4.78, 5) is 25.1. The third-order valence-electron chi connectivity index (χ3n) is 4.11. The molecule has 124 valence electrons. The molecule has 1 amide bonds. The zero-order valence-electron chi connectivity index (χ0n) is 13.8. The number of rotatable bonds is 3. The molecular formula is C19H16N4OS. The van der Waals surface area contributed by atoms with E-state index in [0.717, 1.165) is 38.3 Å². The Morgan fingerprint density at radius 3 is 2.76 bits per heavy atom. The van der Waals surface area contributed by atoms with Crippen LogP contribution in [0.5, 0.6) is 0 Å². The number of benzene rings is 1. The average molecular weight is 348 g/mol. The van der Waals surface area contributed by atoms with Gasteiger partial charge in [0.15, 0.2) is 5.01 Å². The van der Waals surface area contributed by atoms with Crippen molar-refractivity contribution >= 4 is 28.3 Å². The number of fused-ring (bicyclic) bond motifs is 1. The van der Waals surface area contributed by atoms with Crippen molar-refractivity contribution in [3.63, 3.8) is 0 Å². The molecule has 0 saturated heterocycles. The first kappa shape index (κ1) is 15.5. The Labute approximate surface area is 148 Å². The summed E-state index contributed by atoms with van der Waals surface area (Å²) in [7, 11) is 1.61. The maximum absolute atomic E-state index is 11.9. The lowest BCUT2D eigenvalue weighted by atomic mass is 10.0. The summed E-state index contributed by atoms with van der Waals surface area (Å²) in [5, 5.41) is 4.09. The molecule has 0 atom stereocenters. The van der Waals surface area contributed by atoms with Crippen LogP contribution in [0.3, 0.4) is 0 Å². The molecule has 5 nitrogen and oxygen atoms in total. The fraction of sp³-hybridized carbons (Fsp3) is 0.105. The molecule has 0 spiro atoms. The van der Waals surface area contributed by atoms with Gasteiger partial charge in [-0.05, 0) is 18.6 Å². The summed E-state index contributed by atoms with van der Waals surface area (Å²) in [6, 6.07) is 12.3. The van der Waals surface area contributed by atoms with Gasteiger partial charge in [-0.25, -0.2) is 9.97 Å². The predicted octanol–water partition coefficient (Wildman–Crippen LogP) is 4.02. The van der Waals surface area contributed by atoms with Crippen LogP contribution in [0.1, 0.15) is 14.7 Å². The number of amides is 1. The molecular weight excluding hydrogens is 332 g/mol. The molecule has 0 aliphatic carbocycles. The van der Waals surface area contributed by atoms with Gasteiger partial charge in [-0.2, -0.15) is 0 Å². The van der Waals surface area contributed by atoms with Gasteiger partial charge in [-0.3, -0.25) is 4.79 Å². The number of hydrogen-bond donors (Lipinski definition) is 2. The van der Waals surface area contributed by atoms with Gasteiger partial charge in [0, 0.05) is 40.8 Å². The van der Waals surface area contributed by atoms with Crippen LogP contribution in [0.15, 0.2) is 48.8 Å². The van der Waals surface area contributed by atoms with E-state index in [1.807, 2.05) is 37.5 Å². The number of aryl methyl sites for hydroxylation is 1. The Morgan fingerprint density at radius 2 is 2.00 bits per heavy atom. The van der Waals surface area contributed by atoms with Crippen LogP contribution in [0.2, 0.25) is 0 Å². The fourth-order valence-corrected chi connectivity index (χ4v) is 3.71. The van der Waals surface area contributed by atoms with E-state index in [1.165, 1.54) is 11.3 Å². The van der Waals surface area contributed by atoms with Gasteiger partial charge >= 0.3 is 0 Å². The van der Waals surface area contributed by atoms with Gasteiger partial charge in [-0.1, -0.05) is 30.3 Å². The second-order valence-electron chi connectivity index (χ2n) is 5.69. The summed E-state index contributed by atoms with van der Waals surface area (Å²) < 4.78 is 0. The fourth-order valence-electron chi connectivity index (χ4n) is 2.84. The lowest BCUT2D eigenvalue weighted by Gasteiger charge is -2.02. The number of nitrogens with one attached hydrogen (secondary N) is 2. The molecule has 0 aliphatic rings. The Kier molecular flexibility index (Phi) is 3.82. The van der Waals surface area contributed by atoms with Crippen molar-refractivity contribution in [1.82, 2.24) is 20.3 Å². The van der Waals surface area contributed by atoms with E-state index < -0.39 is 0 Å². The molecule has 1 aromatic carbocycles. The molecule has 4 rings (SSSR count). The number of nitrogens with zero attached hydrogens (tertiary/aromatic N) is 2. The largest absolute Gasteiger partial charge is 0.353 e. The van der Waals surface area contributed by atoms with Crippen molar-refractivity contribution in [3.8, 4) is 22.4 Å². The van der Waals surface area contributed by atoms with Crippen LogP contribution in [0.25, 0.3) is 33.4 Å². The highest BCUT2D eigenvalue weighted by atomic mass is 32.1. The van der Waals surface area contributed by atoms with E-state index in [0.29, 0.717) is 5.01 Å². The van der Waals surface area contributed by atoms with Crippen molar-refractivity contribution in [2.45, 2.75) is 6.92 Å². The van der Waals surface area contributed by atoms with E-state index in [-0.39, 0.29) is 5.91 Å². The summed E-state index contributed by atoms with van der Waals surface area (Å²) in [6.45, 7) is 1.98. The number of H-pyrrole nitrogens is 1. The molecule has 3 heterocycles. The first-order valence-electron chi connectivity index (χ1n) is 7.90. The number of thiazole rings is 1. The number of aromatic amines is 1. The number of hydrogen-bond acceptors (Lipinski definition) is 4. The molecule has 3 aromatic heterocycles. The number of carbonyl (C=O) groups excluding carboxylic acids is 1. The highest BCUT2D eigenvalue weighted by molar-refractivity contribution is 7.14. The van der Waals surface area contributed by atoms with Crippen LogP contribution in [-0.2, 0) is 0 Å². The van der Waals surface area contributed by atoms with E-state index in [1.54, 1.807) is 7.05 Å². The first-order valence-corrected chi connectivity index (χ1v) is 8.71. The first-order chi connectivity index (χ1) is 12.2. The van der Waals surface area contributed by atoms with Gasteiger partial charge in [-0.15, -0.1) is 11.3 Å². The molecule has 0 bridgehead atoms. The van der Waals surface area contributed by atoms with Gasteiger partial charge in [0.25, 0.3) is 5.91 Å². The highest BCUT2D eigenvalue weighted by Crippen LogP contribution is 2.34. The molecule has 0 aliphatic heterocycles. The standard InChI is InChI=1S/C19H16N4OS/c1-11-16(23-19(25-11)18(24)20-2)15-10-22-17-14(15)8-13(9-21-17)12-6-4-3-5-7-12/h3-10H,1-2H3,(H,20,24)(H,21,22). The molecule has 6 heteroatoms. The summed E-state index contributed by atoms with van der Waals surface area (Å²) >= 11 is 1.40. The van der Waals surface area contributed by atoms with Crippen molar-refractivity contribution in [1.29, 1.82) is 0 Å². The van der Waals surface area contributed by atoms with Crippen LogP contribution < -0.4 is 5.32 Å². The number of pyridine rings is 1. The summed E-state index contributed by atoms with van der Waals surface area (Å²) in [6.07, 6.45) is 3.77. The van der Waals surface area contributed by atoms with Gasteiger partial charge < -0.3 is 10.3 Å². The van der Waals surface area contributed by atoms with Gasteiger partial charge in [0.05, 0.1) is 5.69 Å². The smallest absolute Gasteiger partial charge is 0.280 e. The summed E-state index contributed by atoms with van der Waals surface area (Å²) in [5.74, 6) is -0.165.